The zero-order valence-electron chi connectivity index (χ0n) is 55.4. The molecule has 10 heteroatoms. The predicted molar refractivity (Wildman–Crippen MR) is 375 cm³/mol. The Balaban J connectivity index is 1.15. The molecule has 0 heterocycles. The highest BCUT2D eigenvalue weighted by atomic mass is 32.2. The van der Waals surface area contributed by atoms with Crippen LogP contribution in [-0.4, -0.2) is 10.2 Å². The normalized spacial score (nSPS) is 11.5. The van der Waals surface area contributed by atoms with E-state index in [1.165, 1.54) is 22.3 Å². The molecule has 0 aromatic heterocycles. The first kappa shape index (κ1) is 67.3. The Labute approximate surface area is 553 Å². The van der Waals surface area contributed by atoms with Crippen LogP contribution >= 0.6 is 23.5 Å². The highest BCUT2D eigenvalue weighted by molar-refractivity contribution is 8.13. The molecule has 0 spiro atoms. The maximum absolute atomic E-state index is 12.0. The molecule has 9 aromatic carbocycles. The lowest BCUT2D eigenvalue weighted by Gasteiger charge is -2.20. The number of carbonyl (C=O) groups excluding carboxylic acids is 2. The molecule has 0 N–H and O–H groups in total. The Bertz CT molecular complexity index is 3720. The first-order valence-electron chi connectivity index (χ1n) is 31.0. The van der Waals surface area contributed by atoms with Crippen molar-refractivity contribution in [3.05, 3.63) is 261 Å². The summed E-state index contributed by atoms with van der Waals surface area (Å²) in [6.45, 7) is 30.7. The van der Waals surface area contributed by atoms with Gasteiger partial charge < -0.3 is 28.4 Å². The zero-order chi connectivity index (χ0) is 65.8. The van der Waals surface area contributed by atoms with Gasteiger partial charge in [-0.2, -0.15) is 0 Å². The number of benzene rings is 9. The van der Waals surface area contributed by atoms with E-state index in [1.807, 2.05) is 97.1 Å². The van der Waals surface area contributed by atoms with Gasteiger partial charge in [0.1, 0.15) is 72.4 Å². The summed E-state index contributed by atoms with van der Waals surface area (Å²) >= 11 is 2.33. The number of hydrogen-bond acceptors (Lipinski definition) is 10. The van der Waals surface area contributed by atoms with E-state index in [0.29, 0.717) is 94.7 Å². The van der Waals surface area contributed by atoms with E-state index in [0.717, 1.165) is 55.6 Å². The van der Waals surface area contributed by atoms with E-state index in [2.05, 4.69) is 204 Å². The van der Waals surface area contributed by atoms with E-state index in [1.54, 1.807) is 13.8 Å². The van der Waals surface area contributed by atoms with Gasteiger partial charge in [-0.15, -0.1) is 0 Å². The van der Waals surface area contributed by atoms with Crippen molar-refractivity contribution in [1.29, 1.82) is 0 Å². The summed E-state index contributed by atoms with van der Waals surface area (Å²) in [5.41, 5.74) is 11.4. The second kappa shape index (κ2) is 29.5. The van der Waals surface area contributed by atoms with E-state index in [-0.39, 0.29) is 31.9 Å². The van der Waals surface area contributed by atoms with Crippen molar-refractivity contribution in [1.82, 2.24) is 0 Å². The van der Waals surface area contributed by atoms with Gasteiger partial charge in [-0.25, -0.2) is 0 Å². The molecule has 0 radical (unpaired) electrons. The molecule has 0 bridgehead atoms. The molecular formula is C82H82O8S2. The number of thioether (sulfide) groups is 2. The highest BCUT2D eigenvalue weighted by Crippen LogP contribution is 2.40. The van der Waals surface area contributed by atoms with Crippen LogP contribution in [0.1, 0.15) is 164 Å². The van der Waals surface area contributed by atoms with E-state index >= 15 is 0 Å². The first-order chi connectivity index (χ1) is 43.6. The van der Waals surface area contributed by atoms with Gasteiger partial charge in [0.2, 0.25) is 0 Å². The lowest BCUT2D eigenvalue weighted by atomic mass is 9.87. The van der Waals surface area contributed by atoms with Gasteiger partial charge in [-0.05, 0) is 115 Å². The second-order valence-electron chi connectivity index (χ2n) is 27.0. The Morgan fingerprint density at radius 1 is 0.315 bits per heavy atom. The molecule has 0 amide bonds. The van der Waals surface area contributed by atoms with Crippen molar-refractivity contribution < 1.29 is 38.0 Å². The number of rotatable bonds is 18. The molecule has 9 rings (SSSR count). The minimum absolute atomic E-state index is 0.00386. The summed E-state index contributed by atoms with van der Waals surface area (Å²) in [7, 11) is 0. The topological polar surface area (TPSA) is 89.5 Å². The third-order valence-corrected chi connectivity index (χ3v) is 16.7. The fourth-order valence-corrected chi connectivity index (χ4v) is 10.8. The molecule has 0 aliphatic carbocycles. The van der Waals surface area contributed by atoms with Crippen LogP contribution in [-0.2, 0) is 57.7 Å². The Kier molecular flexibility index (Phi) is 21.6. The predicted octanol–water partition coefficient (Wildman–Crippen LogP) is 20.9. The number of ether oxygens (including phenoxy) is 6. The van der Waals surface area contributed by atoms with E-state index in [9.17, 15) is 9.59 Å². The minimum atomic E-state index is -0.00883. The molecular weight excluding hydrogens is 1180 g/mol. The molecule has 0 aliphatic heterocycles. The van der Waals surface area contributed by atoms with Crippen molar-refractivity contribution in [2.75, 3.05) is 0 Å². The maximum atomic E-state index is 12.0. The van der Waals surface area contributed by atoms with Crippen LogP contribution in [0.25, 0.3) is 0 Å². The second-order valence-corrected chi connectivity index (χ2v) is 29.5. The average Bonchev–Trinajstić information content (AvgIpc) is 0.993. The third kappa shape index (κ3) is 20.0. The minimum Gasteiger partial charge on any atom is -0.489 e. The van der Waals surface area contributed by atoms with Gasteiger partial charge in [0.25, 0.3) is 0 Å². The van der Waals surface area contributed by atoms with Crippen molar-refractivity contribution in [2.24, 2.45) is 0 Å². The van der Waals surface area contributed by atoms with Crippen LogP contribution in [0.2, 0.25) is 0 Å². The smallest absolute Gasteiger partial charge is 0.190 e. The molecule has 0 fully saturated rings. The van der Waals surface area contributed by atoms with E-state index in [4.69, 9.17) is 28.4 Å². The van der Waals surface area contributed by atoms with Crippen LogP contribution in [0.3, 0.4) is 0 Å². The summed E-state index contributed by atoms with van der Waals surface area (Å²) in [6, 6.07) is 63.9. The van der Waals surface area contributed by atoms with Gasteiger partial charge in [-0.1, -0.05) is 227 Å². The molecule has 0 unspecified atom stereocenters. The van der Waals surface area contributed by atoms with Crippen LogP contribution in [0, 0.1) is 23.7 Å². The molecule has 8 nitrogen and oxygen atoms in total. The lowest BCUT2D eigenvalue weighted by molar-refractivity contribution is -0.109. The molecule has 0 atom stereocenters. The van der Waals surface area contributed by atoms with Crippen LogP contribution in [0.4, 0.5) is 0 Å². The van der Waals surface area contributed by atoms with E-state index < -0.39 is 0 Å². The zero-order valence-corrected chi connectivity index (χ0v) is 57.0. The molecule has 0 saturated heterocycles. The average molecular weight is 1260 g/mol. The fraction of sp³-hybridized carbons (Fsp3) is 0.268. The number of hydrogen-bond donors (Lipinski definition) is 0. The van der Waals surface area contributed by atoms with Gasteiger partial charge in [-0.3, -0.25) is 9.59 Å². The van der Waals surface area contributed by atoms with Gasteiger partial charge in [0.15, 0.2) is 10.2 Å². The van der Waals surface area contributed by atoms with Crippen LogP contribution in [0.5, 0.6) is 46.0 Å². The number of carbonyl (C=O) groups is 2. The molecule has 0 aliphatic rings. The third-order valence-electron chi connectivity index (χ3n) is 15.1. The quantitative estimate of drug-likeness (QED) is 0.0611. The molecule has 9 aromatic rings. The first-order valence-corrected chi connectivity index (χ1v) is 32.6. The Morgan fingerprint density at radius 3 is 0.783 bits per heavy atom. The fourth-order valence-electron chi connectivity index (χ4n) is 9.61. The molecule has 470 valence electrons. The summed E-state index contributed by atoms with van der Waals surface area (Å²) in [6.07, 6.45) is 0. The van der Waals surface area contributed by atoms with Gasteiger partial charge >= 0.3 is 0 Å². The van der Waals surface area contributed by atoms with Gasteiger partial charge in [0.05, 0.1) is 11.1 Å². The van der Waals surface area contributed by atoms with Gasteiger partial charge in [0, 0.05) is 83.3 Å². The van der Waals surface area contributed by atoms with Crippen molar-refractivity contribution >= 4 is 33.8 Å². The van der Waals surface area contributed by atoms with Crippen molar-refractivity contribution in [3.63, 3.8) is 0 Å². The molecule has 92 heavy (non-hydrogen) atoms. The van der Waals surface area contributed by atoms with Crippen LogP contribution in [0.15, 0.2) is 204 Å². The maximum Gasteiger partial charge on any atom is 0.190 e. The molecule has 0 saturated carbocycles. The standard InChI is InChI=1S/C82H82O8S2/c1-55(83)91-75-39-25-57(26-40-75)15-29-63-43-78(90-74-49-71(87-53-61-21-35-67(36-22-61)81(9,10)11)46-72(50-74)88-54-62-23-37-68(38-24-62)82(12,13)14)64(30-16-58-27-41-76(42-28-58)92-56(2)84)44-77(63)89-73-47-69(85-51-59-17-31-65(32-18-59)79(3,4)5)45-70(48-73)86-52-60-19-33-66(34-20-60)80(6,7)8/h17-28,31-50H,51-54H2,1-14H3. The summed E-state index contributed by atoms with van der Waals surface area (Å²) in [4.78, 5) is 25.7. The summed E-state index contributed by atoms with van der Waals surface area (Å²) in [5, 5.41) is -0.0177. The summed E-state index contributed by atoms with van der Waals surface area (Å²) in [5.74, 6) is 17.3. The lowest BCUT2D eigenvalue weighted by Crippen LogP contribution is -2.11. The highest BCUT2D eigenvalue weighted by Gasteiger charge is 2.20. The van der Waals surface area contributed by atoms with Crippen molar-refractivity contribution in [3.8, 4) is 69.7 Å². The Hall–Kier alpha value is -9.06. The largest absolute Gasteiger partial charge is 0.489 e. The summed E-state index contributed by atoms with van der Waals surface area (Å²) < 4.78 is 40.4. The Morgan fingerprint density at radius 2 is 0.554 bits per heavy atom. The SMILES string of the molecule is CC(=O)Sc1ccc(C#Cc2cc(Oc3cc(OCc4ccc(C(C)(C)C)cc4)cc(OCc4ccc(C(C)(C)C)cc4)c3)c(C#Cc3ccc(SC(C)=O)cc3)cc2Oc2cc(OCc3ccc(C(C)(C)C)cc3)cc(OCc3ccc(C(C)(C)C)cc3)c2)cc1. The monoisotopic (exact) mass is 1260 g/mol. The van der Waals surface area contributed by atoms with Crippen molar-refractivity contribution in [2.45, 2.75) is 155 Å². The van der Waals surface area contributed by atoms with Crippen LogP contribution < -0.4 is 28.4 Å².